The van der Waals surface area contributed by atoms with Crippen LogP contribution in [0, 0.1) is 0 Å². The van der Waals surface area contributed by atoms with Crippen LogP contribution in [0.4, 0.5) is 5.69 Å². The number of nitrogens with zero attached hydrogens (tertiary/aromatic N) is 1. The van der Waals surface area contributed by atoms with Crippen LogP contribution in [0.3, 0.4) is 0 Å². The van der Waals surface area contributed by atoms with E-state index >= 15 is 0 Å². The van der Waals surface area contributed by atoms with E-state index in [0.717, 1.165) is 5.69 Å². The van der Waals surface area contributed by atoms with Gasteiger partial charge in [0.2, 0.25) is 0 Å². The Hall–Kier alpha value is -1.16. The highest BCUT2D eigenvalue weighted by molar-refractivity contribution is 7.98. The van der Waals surface area contributed by atoms with Crippen molar-refractivity contribution in [1.82, 2.24) is 0 Å². The molecule has 0 fully saturated rings. The Morgan fingerprint density at radius 3 is 2.19 bits per heavy atom. The molecule has 0 aliphatic rings. The van der Waals surface area contributed by atoms with E-state index in [1.165, 1.54) is 4.90 Å². The van der Waals surface area contributed by atoms with Gasteiger partial charge in [0.05, 0.1) is 0 Å². The average molecular weight is 239 g/mol. The lowest BCUT2D eigenvalue weighted by atomic mass is 10.0. The number of anilines is 1. The molecule has 0 heterocycles. The maximum Gasteiger partial charge on any atom is 0.328 e. The molecule has 0 aliphatic carbocycles. The number of rotatable bonds is 4. The second-order valence-corrected chi connectivity index (χ2v) is 5.00. The minimum atomic E-state index is -0.902. The van der Waals surface area contributed by atoms with Gasteiger partial charge in [-0.25, -0.2) is 4.79 Å². The molecule has 0 saturated carbocycles. The molecule has 0 saturated heterocycles. The van der Waals surface area contributed by atoms with E-state index in [1.54, 1.807) is 37.6 Å². The molecule has 0 aliphatic heterocycles. The normalized spacial score (nSPS) is 11.2. The SMILES string of the molecule is CSc1ccc(N(C)C(C)(C)C(=O)O)cc1. The first-order valence-electron chi connectivity index (χ1n) is 5.01. The van der Waals surface area contributed by atoms with E-state index in [4.69, 9.17) is 5.11 Å². The fourth-order valence-electron chi connectivity index (χ4n) is 1.27. The largest absolute Gasteiger partial charge is 0.480 e. The minimum Gasteiger partial charge on any atom is -0.480 e. The number of hydrogen-bond donors (Lipinski definition) is 1. The summed E-state index contributed by atoms with van der Waals surface area (Å²) >= 11 is 1.67. The number of hydrogen-bond acceptors (Lipinski definition) is 3. The number of thioether (sulfide) groups is 1. The second kappa shape index (κ2) is 4.78. The molecule has 0 amide bonds. The number of carboxylic acid groups (broad SMARTS) is 1. The van der Waals surface area contributed by atoms with Crippen molar-refractivity contribution in [1.29, 1.82) is 0 Å². The van der Waals surface area contributed by atoms with Gasteiger partial charge in [0, 0.05) is 17.6 Å². The second-order valence-electron chi connectivity index (χ2n) is 4.12. The van der Waals surface area contributed by atoms with Crippen LogP contribution >= 0.6 is 11.8 Å². The first-order valence-corrected chi connectivity index (χ1v) is 6.23. The van der Waals surface area contributed by atoms with Gasteiger partial charge in [-0.15, -0.1) is 11.8 Å². The van der Waals surface area contributed by atoms with Gasteiger partial charge in [-0.1, -0.05) is 0 Å². The van der Waals surface area contributed by atoms with E-state index in [9.17, 15) is 4.79 Å². The molecule has 0 aromatic heterocycles. The Labute approximate surface area is 100 Å². The number of carboxylic acids is 1. The van der Waals surface area contributed by atoms with Crippen LogP contribution in [0.2, 0.25) is 0 Å². The maximum absolute atomic E-state index is 11.1. The molecule has 4 heteroatoms. The highest BCUT2D eigenvalue weighted by Crippen LogP contribution is 2.25. The summed E-state index contributed by atoms with van der Waals surface area (Å²) in [6.45, 7) is 3.38. The number of carbonyl (C=O) groups is 1. The lowest BCUT2D eigenvalue weighted by Crippen LogP contribution is -2.48. The Kier molecular flexibility index (Phi) is 3.86. The minimum absolute atomic E-state index is 0.830. The van der Waals surface area contributed by atoms with Crippen LogP contribution < -0.4 is 4.90 Å². The predicted octanol–water partition coefficient (Wildman–Crippen LogP) is 2.71. The molecule has 0 radical (unpaired) electrons. The van der Waals surface area contributed by atoms with Gasteiger partial charge in [-0.2, -0.15) is 0 Å². The van der Waals surface area contributed by atoms with E-state index in [2.05, 4.69) is 0 Å². The first-order chi connectivity index (χ1) is 7.39. The predicted molar refractivity (Wildman–Crippen MR) is 68.3 cm³/mol. The first kappa shape index (κ1) is 12.9. The Morgan fingerprint density at radius 1 is 1.31 bits per heavy atom. The summed E-state index contributed by atoms with van der Waals surface area (Å²) < 4.78 is 0. The molecule has 1 aromatic rings. The van der Waals surface area contributed by atoms with Crippen molar-refractivity contribution in [3.05, 3.63) is 24.3 Å². The van der Waals surface area contributed by atoms with E-state index < -0.39 is 11.5 Å². The fourth-order valence-corrected chi connectivity index (χ4v) is 1.68. The van der Waals surface area contributed by atoms with Gasteiger partial charge in [-0.3, -0.25) is 0 Å². The molecule has 88 valence electrons. The number of benzene rings is 1. The summed E-state index contributed by atoms with van der Waals surface area (Å²) in [5.41, 5.74) is 0.00568. The lowest BCUT2D eigenvalue weighted by Gasteiger charge is -2.33. The molecular weight excluding hydrogens is 222 g/mol. The zero-order chi connectivity index (χ0) is 12.3. The van der Waals surface area contributed by atoms with Crippen molar-refractivity contribution in [2.45, 2.75) is 24.3 Å². The van der Waals surface area contributed by atoms with E-state index in [1.807, 2.05) is 30.5 Å². The summed E-state index contributed by atoms with van der Waals surface area (Å²) in [7, 11) is 1.79. The smallest absolute Gasteiger partial charge is 0.328 e. The standard InChI is InChI=1S/C12H17NO2S/c1-12(2,11(14)15)13(3)9-5-7-10(16-4)8-6-9/h5-8H,1-4H3,(H,14,15). The summed E-state index contributed by atoms with van der Waals surface area (Å²) in [5.74, 6) is -0.830. The Bertz CT molecular complexity index is 373. The topological polar surface area (TPSA) is 40.5 Å². The van der Waals surface area contributed by atoms with Crippen molar-refractivity contribution in [2.75, 3.05) is 18.2 Å². The van der Waals surface area contributed by atoms with Gasteiger partial charge in [-0.05, 0) is 44.4 Å². The molecule has 16 heavy (non-hydrogen) atoms. The monoisotopic (exact) mass is 239 g/mol. The van der Waals surface area contributed by atoms with E-state index in [-0.39, 0.29) is 0 Å². The molecule has 1 N–H and O–H groups in total. The van der Waals surface area contributed by atoms with Crippen LogP contribution in [0.5, 0.6) is 0 Å². The molecule has 1 rings (SSSR count). The third-order valence-electron chi connectivity index (χ3n) is 2.82. The third-order valence-corrected chi connectivity index (χ3v) is 3.57. The number of likely N-dealkylation sites (N-methyl/N-ethyl adjacent to an activating group) is 1. The van der Waals surface area contributed by atoms with Crippen molar-refractivity contribution in [2.24, 2.45) is 0 Å². The van der Waals surface area contributed by atoms with E-state index in [0.29, 0.717) is 0 Å². The number of aliphatic carboxylic acids is 1. The molecule has 0 unspecified atom stereocenters. The molecule has 1 aromatic carbocycles. The van der Waals surface area contributed by atoms with Gasteiger partial charge < -0.3 is 10.0 Å². The molecule has 0 bridgehead atoms. The van der Waals surface area contributed by atoms with Crippen molar-refractivity contribution >= 4 is 23.4 Å². The van der Waals surface area contributed by atoms with Crippen LogP contribution in [0.25, 0.3) is 0 Å². The Balaban J connectivity index is 2.96. The van der Waals surface area contributed by atoms with Crippen LogP contribution in [-0.4, -0.2) is 29.9 Å². The highest BCUT2D eigenvalue weighted by Gasteiger charge is 2.32. The quantitative estimate of drug-likeness (QED) is 0.820. The fraction of sp³-hybridized carbons (Fsp3) is 0.417. The maximum atomic E-state index is 11.1. The van der Waals surface area contributed by atoms with Gasteiger partial charge in [0.25, 0.3) is 0 Å². The Morgan fingerprint density at radius 2 is 1.81 bits per heavy atom. The summed E-state index contributed by atoms with van der Waals surface area (Å²) in [5, 5.41) is 9.13. The van der Waals surface area contributed by atoms with Crippen LogP contribution in [0.15, 0.2) is 29.2 Å². The lowest BCUT2D eigenvalue weighted by molar-refractivity contribution is -0.142. The summed E-state index contributed by atoms with van der Waals surface area (Å²) in [4.78, 5) is 14.0. The third kappa shape index (κ3) is 2.50. The zero-order valence-electron chi connectivity index (χ0n) is 10.0. The molecule has 3 nitrogen and oxygen atoms in total. The molecule has 0 spiro atoms. The van der Waals surface area contributed by atoms with Crippen molar-refractivity contribution in [3.63, 3.8) is 0 Å². The highest BCUT2D eigenvalue weighted by atomic mass is 32.2. The summed E-state index contributed by atoms with van der Waals surface area (Å²) in [6, 6.07) is 7.87. The van der Waals surface area contributed by atoms with Crippen LogP contribution in [-0.2, 0) is 4.79 Å². The molecule has 0 atom stereocenters. The summed E-state index contributed by atoms with van der Waals surface area (Å²) in [6.07, 6.45) is 2.01. The molecular formula is C12H17NO2S. The van der Waals surface area contributed by atoms with Gasteiger partial charge >= 0.3 is 5.97 Å². The van der Waals surface area contributed by atoms with Crippen LogP contribution in [0.1, 0.15) is 13.8 Å². The zero-order valence-corrected chi connectivity index (χ0v) is 10.8. The average Bonchev–Trinajstić information content (AvgIpc) is 2.28. The van der Waals surface area contributed by atoms with Crippen molar-refractivity contribution < 1.29 is 9.90 Å². The van der Waals surface area contributed by atoms with Crippen molar-refractivity contribution in [3.8, 4) is 0 Å². The van der Waals surface area contributed by atoms with Gasteiger partial charge in [0.15, 0.2) is 0 Å². The van der Waals surface area contributed by atoms with Gasteiger partial charge in [0.1, 0.15) is 5.54 Å².